The molecule has 3 heteroatoms. The Balaban J connectivity index is 2.04. The zero-order chi connectivity index (χ0) is 13.5. The zero-order valence-corrected chi connectivity index (χ0v) is 15.1. The van der Waals surface area contributed by atoms with Crippen LogP contribution in [0.5, 0.6) is 0 Å². The van der Waals surface area contributed by atoms with Gasteiger partial charge in [-0.2, -0.15) is 0 Å². The van der Waals surface area contributed by atoms with Gasteiger partial charge in [-0.1, -0.05) is 50.2 Å². The molecule has 2 aliphatic rings. The molecule has 0 heterocycles. The second-order valence-electron chi connectivity index (χ2n) is 6.32. The maximum Gasteiger partial charge on any atom is 0.146 e. The van der Waals surface area contributed by atoms with Crippen molar-refractivity contribution in [3.05, 3.63) is 11.6 Å². The molecule has 2 rings (SSSR count). The summed E-state index contributed by atoms with van der Waals surface area (Å²) in [5.41, 5.74) is 1.53. The highest BCUT2D eigenvalue weighted by Gasteiger charge is 2.24. The topological polar surface area (TPSA) is 9.23 Å². The lowest BCUT2D eigenvalue weighted by Gasteiger charge is -2.29. The molecule has 110 valence electrons. The van der Waals surface area contributed by atoms with Crippen molar-refractivity contribution in [1.82, 2.24) is 0 Å². The van der Waals surface area contributed by atoms with Gasteiger partial charge in [-0.15, -0.1) is 11.6 Å². The van der Waals surface area contributed by atoms with E-state index in [1.807, 2.05) is 0 Å². The first-order chi connectivity index (χ1) is 9.31. The van der Waals surface area contributed by atoms with Crippen LogP contribution in [0, 0.1) is 11.8 Å². The molecule has 0 aromatic heterocycles. The molecule has 0 aromatic rings. The van der Waals surface area contributed by atoms with Gasteiger partial charge in [-0.3, -0.25) is 0 Å². The van der Waals surface area contributed by atoms with E-state index in [0.29, 0.717) is 0 Å². The third-order valence-electron chi connectivity index (χ3n) is 4.83. The van der Waals surface area contributed by atoms with E-state index in [-0.39, 0.29) is 5.38 Å². The quantitative estimate of drug-likeness (QED) is 0.424. The van der Waals surface area contributed by atoms with E-state index in [9.17, 15) is 0 Å². The first-order valence-electron chi connectivity index (χ1n) is 8.16. The molecule has 2 saturated carbocycles. The van der Waals surface area contributed by atoms with E-state index >= 15 is 0 Å². The van der Waals surface area contributed by atoms with Gasteiger partial charge < -0.3 is 4.43 Å². The van der Waals surface area contributed by atoms with Crippen molar-refractivity contribution in [3.63, 3.8) is 0 Å². The van der Waals surface area contributed by atoms with Crippen LogP contribution in [0.1, 0.15) is 64.2 Å². The Labute approximate surface area is 126 Å². The van der Waals surface area contributed by atoms with E-state index in [4.69, 9.17) is 16.0 Å². The second kappa shape index (κ2) is 8.48. The van der Waals surface area contributed by atoms with Gasteiger partial charge in [0, 0.05) is 0 Å². The molecule has 1 atom stereocenters. The molecule has 0 radical (unpaired) electrons. The first kappa shape index (κ1) is 15.6. The summed E-state index contributed by atoms with van der Waals surface area (Å²) in [5.74, 6) is 1.54. The normalized spacial score (nSPS) is 25.6. The molecule has 0 aliphatic heterocycles. The summed E-state index contributed by atoms with van der Waals surface area (Å²) in [6.07, 6.45) is 16.4. The van der Waals surface area contributed by atoms with E-state index in [1.54, 1.807) is 0 Å². The lowest BCUT2D eigenvalue weighted by molar-refractivity contribution is 0.329. The standard InChI is InChI=1S/C16H29ClOSi/c17-16(12-18-19)15(14-9-5-2-6-10-14)11-13-7-3-1-4-8-13/h11,13-14,16H,1-10,12H2,19H3. The maximum absolute atomic E-state index is 6.63. The van der Waals surface area contributed by atoms with Crippen LogP contribution in [0.15, 0.2) is 11.6 Å². The zero-order valence-electron chi connectivity index (χ0n) is 12.4. The predicted octanol–water partition coefficient (Wildman–Crippen LogP) is 3.98. The Kier molecular flexibility index (Phi) is 6.96. The number of halogens is 1. The van der Waals surface area contributed by atoms with Crippen LogP contribution < -0.4 is 0 Å². The molecule has 2 fully saturated rings. The molecule has 0 saturated heterocycles. The summed E-state index contributed by atoms with van der Waals surface area (Å²) in [6, 6.07) is 0. The Morgan fingerprint density at radius 3 is 2.21 bits per heavy atom. The predicted molar refractivity (Wildman–Crippen MR) is 86.8 cm³/mol. The van der Waals surface area contributed by atoms with Gasteiger partial charge in [0.05, 0.1) is 12.0 Å². The van der Waals surface area contributed by atoms with E-state index in [0.717, 1.165) is 28.9 Å². The molecule has 0 N–H and O–H groups in total. The molecule has 0 aromatic carbocycles. The molecule has 0 spiro atoms. The summed E-state index contributed by atoms with van der Waals surface area (Å²) >= 11 is 6.63. The van der Waals surface area contributed by atoms with E-state index in [2.05, 4.69) is 6.08 Å². The summed E-state index contributed by atoms with van der Waals surface area (Å²) < 4.78 is 5.43. The fourth-order valence-corrected chi connectivity index (χ4v) is 4.67. The van der Waals surface area contributed by atoms with Gasteiger partial charge in [0.2, 0.25) is 0 Å². The van der Waals surface area contributed by atoms with E-state index in [1.165, 1.54) is 69.8 Å². The highest BCUT2D eigenvalue weighted by Crippen LogP contribution is 2.36. The maximum atomic E-state index is 6.63. The Bertz CT molecular complexity index is 280. The lowest BCUT2D eigenvalue weighted by Crippen LogP contribution is -2.22. The number of rotatable bonds is 5. The minimum atomic E-state index is 0.127. The highest BCUT2D eigenvalue weighted by molar-refractivity contribution is 6.22. The highest BCUT2D eigenvalue weighted by atomic mass is 35.5. The van der Waals surface area contributed by atoms with Crippen LogP contribution in [-0.2, 0) is 4.43 Å². The molecular formula is C16H29ClOSi. The summed E-state index contributed by atoms with van der Waals surface area (Å²) in [4.78, 5) is 0. The van der Waals surface area contributed by atoms with Crippen molar-refractivity contribution in [1.29, 1.82) is 0 Å². The Morgan fingerprint density at radius 1 is 1.05 bits per heavy atom. The molecule has 0 amide bonds. The van der Waals surface area contributed by atoms with Crippen molar-refractivity contribution in [2.75, 3.05) is 6.61 Å². The minimum absolute atomic E-state index is 0.127. The average Bonchev–Trinajstić information content (AvgIpc) is 2.47. The van der Waals surface area contributed by atoms with Crippen LogP contribution >= 0.6 is 11.6 Å². The van der Waals surface area contributed by atoms with Gasteiger partial charge in [0.15, 0.2) is 0 Å². The first-order valence-corrected chi connectivity index (χ1v) is 9.41. The molecule has 1 nitrogen and oxygen atoms in total. The third kappa shape index (κ3) is 4.91. The van der Waals surface area contributed by atoms with Crippen molar-refractivity contribution >= 4 is 22.1 Å². The van der Waals surface area contributed by atoms with Crippen LogP contribution in [0.2, 0.25) is 0 Å². The van der Waals surface area contributed by atoms with Gasteiger partial charge in [0.1, 0.15) is 10.5 Å². The Hall–Kier alpha value is 0.207. The third-order valence-corrected chi connectivity index (χ3v) is 5.54. The molecule has 0 bridgehead atoms. The monoisotopic (exact) mass is 300 g/mol. The summed E-state index contributed by atoms with van der Waals surface area (Å²) in [5, 5.41) is 0.127. The van der Waals surface area contributed by atoms with Gasteiger partial charge in [0.25, 0.3) is 0 Å². The smallest absolute Gasteiger partial charge is 0.146 e. The number of hydrogen-bond donors (Lipinski definition) is 0. The fraction of sp³-hybridized carbons (Fsp3) is 0.875. The molecule has 19 heavy (non-hydrogen) atoms. The van der Waals surface area contributed by atoms with Crippen molar-refractivity contribution < 1.29 is 4.43 Å². The van der Waals surface area contributed by atoms with Crippen molar-refractivity contribution in [2.24, 2.45) is 11.8 Å². The number of allylic oxidation sites excluding steroid dienone is 1. The van der Waals surface area contributed by atoms with Gasteiger partial charge >= 0.3 is 0 Å². The van der Waals surface area contributed by atoms with Crippen LogP contribution in [-0.4, -0.2) is 22.5 Å². The number of alkyl halides is 1. The number of hydrogen-bond acceptors (Lipinski definition) is 1. The van der Waals surface area contributed by atoms with E-state index < -0.39 is 0 Å². The Morgan fingerprint density at radius 2 is 1.63 bits per heavy atom. The van der Waals surface area contributed by atoms with Crippen LogP contribution in [0.4, 0.5) is 0 Å². The molecule has 1 unspecified atom stereocenters. The minimum Gasteiger partial charge on any atom is -0.426 e. The summed E-state index contributed by atoms with van der Waals surface area (Å²) in [7, 11) is 0.797. The van der Waals surface area contributed by atoms with Gasteiger partial charge in [-0.25, -0.2) is 0 Å². The van der Waals surface area contributed by atoms with Crippen molar-refractivity contribution in [3.8, 4) is 0 Å². The summed E-state index contributed by atoms with van der Waals surface area (Å²) in [6.45, 7) is 0.725. The van der Waals surface area contributed by atoms with Gasteiger partial charge in [-0.05, 0) is 37.5 Å². The molecule has 2 aliphatic carbocycles. The average molecular weight is 301 g/mol. The van der Waals surface area contributed by atoms with Crippen molar-refractivity contribution in [2.45, 2.75) is 69.6 Å². The second-order valence-corrected chi connectivity index (χ2v) is 7.43. The fourth-order valence-electron chi connectivity index (χ4n) is 3.75. The largest absolute Gasteiger partial charge is 0.426 e. The van der Waals surface area contributed by atoms with Crippen LogP contribution in [0.25, 0.3) is 0 Å². The lowest BCUT2D eigenvalue weighted by atomic mass is 9.79. The molecular weight excluding hydrogens is 272 g/mol. The SMILES string of the molecule is [SiH3]OCC(Cl)C(=CC1CCCCC1)C1CCCCC1. The van der Waals surface area contributed by atoms with Crippen LogP contribution in [0.3, 0.4) is 0 Å².